The number of unbranched alkanes of at least 4 members (excludes halogenated alkanes) is 1. The second-order valence-electron chi connectivity index (χ2n) is 5.19. The molecule has 0 radical (unpaired) electrons. The van der Waals surface area contributed by atoms with Gasteiger partial charge in [-0.25, -0.2) is 4.98 Å². The molecular formula is C15H22N4. The Bertz CT molecular complexity index is 543. The van der Waals surface area contributed by atoms with Crippen LogP contribution in [0.1, 0.15) is 50.9 Å². The smallest absolute Gasteiger partial charge is 0.200 e. The molecule has 2 heterocycles. The standard InChI is InChI=1S/C15H22N4/c1-5-6-8-12-9-7-10-16-13(12)14-17-15(11(2)3)19(4)18-14/h7,9-11H,5-6,8H2,1-4H3. The summed E-state index contributed by atoms with van der Waals surface area (Å²) in [5.41, 5.74) is 2.17. The van der Waals surface area contributed by atoms with E-state index in [1.54, 1.807) is 0 Å². The maximum absolute atomic E-state index is 4.64. The maximum Gasteiger partial charge on any atom is 0.200 e. The normalized spacial score (nSPS) is 11.2. The van der Waals surface area contributed by atoms with Crippen molar-refractivity contribution in [2.75, 3.05) is 0 Å². The third kappa shape index (κ3) is 3.00. The molecule has 4 nitrogen and oxygen atoms in total. The quantitative estimate of drug-likeness (QED) is 0.826. The summed E-state index contributed by atoms with van der Waals surface area (Å²) in [5.74, 6) is 2.12. The van der Waals surface area contributed by atoms with Gasteiger partial charge in [0.25, 0.3) is 0 Å². The van der Waals surface area contributed by atoms with E-state index < -0.39 is 0 Å². The van der Waals surface area contributed by atoms with Crippen LogP contribution in [0.4, 0.5) is 0 Å². The number of nitrogens with zero attached hydrogens (tertiary/aromatic N) is 4. The molecule has 0 saturated carbocycles. The molecule has 0 unspecified atom stereocenters. The van der Waals surface area contributed by atoms with Crippen LogP contribution in [0.3, 0.4) is 0 Å². The topological polar surface area (TPSA) is 43.6 Å². The van der Waals surface area contributed by atoms with E-state index in [4.69, 9.17) is 0 Å². The molecule has 0 N–H and O–H groups in total. The van der Waals surface area contributed by atoms with Gasteiger partial charge in [-0.15, -0.1) is 5.10 Å². The molecule has 2 aromatic rings. The van der Waals surface area contributed by atoms with Crippen molar-refractivity contribution in [2.45, 2.75) is 46.0 Å². The van der Waals surface area contributed by atoms with Crippen molar-refractivity contribution in [2.24, 2.45) is 7.05 Å². The molecule has 2 aromatic heterocycles. The minimum atomic E-state index is 0.369. The Balaban J connectivity index is 2.38. The van der Waals surface area contributed by atoms with Crippen LogP contribution in [0.5, 0.6) is 0 Å². The molecule has 0 atom stereocenters. The summed E-state index contributed by atoms with van der Waals surface area (Å²) in [6.45, 7) is 6.46. The van der Waals surface area contributed by atoms with Crippen molar-refractivity contribution in [1.82, 2.24) is 19.7 Å². The van der Waals surface area contributed by atoms with Gasteiger partial charge in [0.1, 0.15) is 11.5 Å². The Morgan fingerprint density at radius 3 is 2.74 bits per heavy atom. The zero-order valence-electron chi connectivity index (χ0n) is 12.2. The molecule has 2 rings (SSSR count). The van der Waals surface area contributed by atoms with Crippen molar-refractivity contribution < 1.29 is 0 Å². The van der Waals surface area contributed by atoms with Crippen LogP contribution in [-0.2, 0) is 13.5 Å². The van der Waals surface area contributed by atoms with Crippen LogP contribution in [-0.4, -0.2) is 19.7 Å². The predicted octanol–water partition coefficient (Wildman–Crippen LogP) is 3.34. The number of pyridine rings is 1. The zero-order valence-corrected chi connectivity index (χ0v) is 12.2. The first-order valence-electron chi connectivity index (χ1n) is 6.98. The lowest BCUT2D eigenvalue weighted by Gasteiger charge is -2.04. The molecule has 102 valence electrons. The van der Waals surface area contributed by atoms with Gasteiger partial charge in [0.2, 0.25) is 0 Å². The Labute approximate surface area is 114 Å². The van der Waals surface area contributed by atoms with E-state index in [2.05, 4.69) is 41.9 Å². The molecule has 19 heavy (non-hydrogen) atoms. The average Bonchev–Trinajstić information content (AvgIpc) is 2.79. The van der Waals surface area contributed by atoms with E-state index in [-0.39, 0.29) is 0 Å². The Morgan fingerprint density at radius 1 is 1.32 bits per heavy atom. The van der Waals surface area contributed by atoms with Crippen LogP contribution in [0.15, 0.2) is 18.3 Å². The van der Waals surface area contributed by atoms with Crippen LogP contribution >= 0.6 is 0 Å². The lowest BCUT2D eigenvalue weighted by molar-refractivity contribution is 0.655. The van der Waals surface area contributed by atoms with Gasteiger partial charge in [-0.1, -0.05) is 33.3 Å². The number of aryl methyl sites for hydroxylation is 2. The monoisotopic (exact) mass is 258 g/mol. The SMILES string of the molecule is CCCCc1cccnc1-c1nc(C(C)C)n(C)n1. The summed E-state index contributed by atoms with van der Waals surface area (Å²) in [7, 11) is 1.94. The van der Waals surface area contributed by atoms with Crippen molar-refractivity contribution in [3.05, 3.63) is 29.7 Å². The summed E-state index contributed by atoms with van der Waals surface area (Å²) in [6.07, 6.45) is 5.20. The van der Waals surface area contributed by atoms with Crippen molar-refractivity contribution in [1.29, 1.82) is 0 Å². The first-order valence-corrected chi connectivity index (χ1v) is 6.98. The van der Waals surface area contributed by atoms with Gasteiger partial charge in [0.05, 0.1) is 0 Å². The highest BCUT2D eigenvalue weighted by Crippen LogP contribution is 2.21. The van der Waals surface area contributed by atoms with E-state index in [0.29, 0.717) is 5.92 Å². The number of rotatable bonds is 5. The number of hydrogen-bond donors (Lipinski definition) is 0. The first-order chi connectivity index (χ1) is 9.13. The van der Waals surface area contributed by atoms with E-state index in [9.17, 15) is 0 Å². The van der Waals surface area contributed by atoms with Crippen molar-refractivity contribution >= 4 is 0 Å². The van der Waals surface area contributed by atoms with Gasteiger partial charge in [-0.3, -0.25) is 9.67 Å². The summed E-state index contributed by atoms with van der Waals surface area (Å²) in [5, 5.41) is 4.51. The maximum atomic E-state index is 4.64. The Kier molecular flexibility index (Phi) is 4.30. The largest absolute Gasteiger partial charge is 0.253 e. The predicted molar refractivity (Wildman–Crippen MR) is 76.9 cm³/mol. The van der Waals surface area contributed by atoms with E-state index >= 15 is 0 Å². The number of aromatic nitrogens is 4. The molecule has 0 saturated heterocycles. The van der Waals surface area contributed by atoms with Crippen LogP contribution < -0.4 is 0 Å². The fourth-order valence-electron chi connectivity index (χ4n) is 2.21. The molecule has 0 aliphatic heterocycles. The first kappa shape index (κ1) is 13.7. The second kappa shape index (κ2) is 5.95. The van der Waals surface area contributed by atoms with Gasteiger partial charge in [-0.2, -0.15) is 0 Å². The molecule has 0 amide bonds. The molecule has 0 bridgehead atoms. The summed E-state index contributed by atoms with van der Waals surface area (Å²) >= 11 is 0. The highest BCUT2D eigenvalue weighted by Gasteiger charge is 2.15. The minimum Gasteiger partial charge on any atom is -0.253 e. The summed E-state index contributed by atoms with van der Waals surface area (Å²) in [6, 6.07) is 4.12. The van der Waals surface area contributed by atoms with E-state index in [0.717, 1.165) is 23.8 Å². The molecule has 4 heteroatoms. The second-order valence-corrected chi connectivity index (χ2v) is 5.19. The van der Waals surface area contributed by atoms with Gasteiger partial charge in [0, 0.05) is 19.2 Å². The molecule has 0 aliphatic rings. The van der Waals surface area contributed by atoms with Gasteiger partial charge in [0.15, 0.2) is 5.82 Å². The highest BCUT2D eigenvalue weighted by molar-refractivity contribution is 5.54. The number of hydrogen-bond acceptors (Lipinski definition) is 3. The lowest BCUT2D eigenvalue weighted by atomic mass is 10.1. The van der Waals surface area contributed by atoms with Gasteiger partial charge < -0.3 is 0 Å². The fourth-order valence-corrected chi connectivity index (χ4v) is 2.21. The van der Waals surface area contributed by atoms with Gasteiger partial charge >= 0.3 is 0 Å². The van der Waals surface area contributed by atoms with Crippen LogP contribution in [0.2, 0.25) is 0 Å². The third-order valence-corrected chi connectivity index (χ3v) is 3.22. The Morgan fingerprint density at radius 2 is 2.11 bits per heavy atom. The fraction of sp³-hybridized carbons (Fsp3) is 0.533. The summed E-state index contributed by atoms with van der Waals surface area (Å²) < 4.78 is 1.86. The summed E-state index contributed by atoms with van der Waals surface area (Å²) in [4.78, 5) is 9.11. The minimum absolute atomic E-state index is 0.369. The third-order valence-electron chi connectivity index (χ3n) is 3.22. The molecular weight excluding hydrogens is 236 g/mol. The van der Waals surface area contributed by atoms with Crippen LogP contribution in [0.25, 0.3) is 11.5 Å². The molecule has 0 aromatic carbocycles. The van der Waals surface area contributed by atoms with E-state index in [1.807, 2.05) is 24.0 Å². The van der Waals surface area contributed by atoms with Gasteiger partial charge in [-0.05, 0) is 24.5 Å². The van der Waals surface area contributed by atoms with E-state index in [1.165, 1.54) is 18.4 Å². The average molecular weight is 258 g/mol. The van der Waals surface area contributed by atoms with Crippen molar-refractivity contribution in [3.8, 4) is 11.5 Å². The molecule has 0 spiro atoms. The lowest BCUT2D eigenvalue weighted by Crippen LogP contribution is -2.00. The zero-order chi connectivity index (χ0) is 13.8. The molecule has 0 aliphatic carbocycles. The van der Waals surface area contributed by atoms with Crippen LogP contribution in [0, 0.1) is 0 Å². The highest BCUT2D eigenvalue weighted by atomic mass is 15.3. The molecule has 0 fully saturated rings. The Hall–Kier alpha value is -1.71. The van der Waals surface area contributed by atoms with Crippen molar-refractivity contribution in [3.63, 3.8) is 0 Å².